The van der Waals surface area contributed by atoms with Gasteiger partial charge in [0.2, 0.25) is 0 Å². The molecular formula is C22H18O4. The Morgan fingerprint density at radius 3 is 2.35 bits per heavy atom. The zero-order chi connectivity index (χ0) is 17.5. The molecule has 0 radical (unpaired) electrons. The number of hydrogen-bond acceptors (Lipinski definition) is 4. The number of ether oxygens (including phenoxy) is 2. The Labute approximate surface area is 149 Å². The van der Waals surface area contributed by atoms with Gasteiger partial charge in [0.15, 0.2) is 0 Å². The maximum absolute atomic E-state index is 10.5. The van der Waals surface area contributed by atoms with Crippen LogP contribution in [0.25, 0.3) is 32.3 Å². The lowest BCUT2D eigenvalue weighted by Gasteiger charge is -2.30. The van der Waals surface area contributed by atoms with Crippen molar-refractivity contribution in [2.24, 2.45) is 0 Å². The number of aliphatic hydroxyl groups excluding tert-OH is 2. The molecule has 4 aromatic rings. The Kier molecular flexibility index (Phi) is 2.82. The van der Waals surface area contributed by atoms with Crippen LogP contribution < -0.4 is 0 Å². The molecule has 2 aliphatic heterocycles. The van der Waals surface area contributed by atoms with Gasteiger partial charge in [0.1, 0.15) is 23.9 Å². The summed E-state index contributed by atoms with van der Waals surface area (Å²) in [7, 11) is 0. The highest BCUT2D eigenvalue weighted by Crippen LogP contribution is 2.49. The largest absolute Gasteiger partial charge is 0.393 e. The average Bonchev–Trinajstić information content (AvgIpc) is 3.16. The molecule has 2 aliphatic rings. The van der Waals surface area contributed by atoms with Crippen LogP contribution in [0.1, 0.15) is 11.7 Å². The van der Waals surface area contributed by atoms with E-state index in [2.05, 4.69) is 54.6 Å². The molecule has 2 bridgehead atoms. The molecule has 4 heteroatoms. The van der Waals surface area contributed by atoms with Gasteiger partial charge in [0.25, 0.3) is 0 Å². The summed E-state index contributed by atoms with van der Waals surface area (Å²) in [6, 6.07) is 19.1. The molecule has 2 saturated heterocycles. The number of fused-ring (bicyclic) bond motifs is 2. The third-order valence-corrected chi connectivity index (χ3v) is 6.17. The molecule has 2 fully saturated rings. The first-order valence-electron chi connectivity index (χ1n) is 8.97. The fraction of sp³-hybridized carbons (Fsp3) is 0.273. The van der Waals surface area contributed by atoms with Gasteiger partial charge in [0.05, 0.1) is 13.2 Å². The van der Waals surface area contributed by atoms with Crippen molar-refractivity contribution in [3.63, 3.8) is 0 Å². The monoisotopic (exact) mass is 346 g/mol. The Morgan fingerprint density at radius 2 is 1.62 bits per heavy atom. The van der Waals surface area contributed by atoms with Gasteiger partial charge >= 0.3 is 0 Å². The molecule has 26 heavy (non-hydrogen) atoms. The Bertz CT molecular complexity index is 1140. The Balaban J connectivity index is 1.63. The molecule has 130 valence electrons. The lowest BCUT2D eigenvalue weighted by atomic mass is 9.89. The molecule has 4 atom stereocenters. The van der Waals surface area contributed by atoms with E-state index in [0.29, 0.717) is 0 Å². The van der Waals surface area contributed by atoms with E-state index in [1.54, 1.807) is 0 Å². The summed E-state index contributed by atoms with van der Waals surface area (Å²) in [6.07, 6.45) is -1.63. The van der Waals surface area contributed by atoms with Gasteiger partial charge in [-0.15, -0.1) is 0 Å². The summed E-state index contributed by atoms with van der Waals surface area (Å²) in [4.78, 5) is 0. The molecule has 0 unspecified atom stereocenters. The predicted octanol–water partition coefficient (Wildman–Crippen LogP) is 3.15. The highest BCUT2D eigenvalue weighted by Gasteiger charge is 2.61. The maximum Gasteiger partial charge on any atom is 0.144 e. The lowest BCUT2D eigenvalue weighted by molar-refractivity contribution is -0.162. The predicted molar refractivity (Wildman–Crippen MR) is 99.5 cm³/mol. The van der Waals surface area contributed by atoms with E-state index in [0.717, 1.165) is 10.9 Å². The lowest BCUT2D eigenvalue weighted by Crippen LogP contribution is -2.43. The van der Waals surface area contributed by atoms with Crippen molar-refractivity contribution in [3.05, 3.63) is 60.2 Å². The normalized spacial score (nSPS) is 30.9. The fourth-order valence-corrected chi connectivity index (χ4v) is 4.81. The molecule has 2 N–H and O–H groups in total. The van der Waals surface area contributed by atoms with E-state index in [-0.39, 0.29) is 19.3 Å². The summed E-state index contributed by atoms with van der Waals surface area (Å²) < 4.78 is 11.9. The highest BCUT2D eigenvalue weighted by atomic mass is 16.6. The van der Waals surface area contributed by atoms with Crippen LogP contribution in [-0.2, 0) is 9.47 Å². The maximum atomic E-state index is 10.5. The number of rotatable bonds is 2. The average molecular weight is 346 g/mol. The van der Waals surface area contributed by atoms with Crippen LogP contribution in [0, 0.1) is 0 Å². The summed E-state index contributed by atoms with van der Waals surface area (Å²) in [6.45, 7) is -0.00926. The van der Waals surface area contributed by atoms with Crippen molar-refractivity contribution in [2.75, 3.05) is 13.2 Å². The van der Waals surface area contributed by atoms with Crippen molar-refractivity contribution >= 4 is 32.3 Å². The van der Waals surface area contributed by atoms with Crippen LogP contribution in [-0.4, -0.2) is 41.2 Å². The summed E-state index contributed by atoms with van der Waals surface area (Å²) >= 11 is 0. The second-order valence-electron chi connectivity index (χ2n) is 7.49. The van der Waals surface area contributed by atoms with E-state index >= 15 is 0 Å². The van der Waals surface area contributed by atoms with Gasteiger partial charge in [-0.05, 0) is 37.9 Å². The topological polar surface area (TPSA) is 58.9 Å². The molecule has 6 rings (SSSR count). The van der Waals surface area contributed by atoms with Crippen LogP contribution in [0.5, 0.6) is 0 Å². The van der Waals surface area contributed by atoms with Crippen molar-refractivity contribution in [2.45, 2.75) is 23.9 Å². The minimum absolute atomic E-state index is 0.234. The molecule has 0 aliphatic carbocycles. The molecule has 0 amide bonds. The van der Waals surface area contributed by atoms with Crippen molar-refractivity contribution in [1.82, 2.24) is 0 Å². The van der Waals surface area contributed by atoms with Crippen LogP contribution in [0.15, 0.2) is 54.6 Å². The number of benzene rings is 4. The van der Waals surface area contributed by atoms with E-state index in [9.17, 15) is 10.2 Å². The molecule has 0 spiro atoms. The van der Waals surface area contributed by atoms with Gasteiger partial charge in [-0.2, -0.15) is 0 Å². The van der Waals surface area contributed by atoms with Gasteiger partial charge in [-0.3, -0.25) is 0 Å². The quantitative estimate of drug-likeness (QED) is 0.548. The van der Waals surface area contributed by atoms with Crippen LogP contribution >= 0.6 is 0 Å². The molecule has 4 nitrogen and oxygen atoms in total. The zero-order valence-corrected chi connectivity index (χ0v) is 14.1. The summed E-state index contributed by atoms with van der Waals surface area (Å²) in [5, 5.41) is 27.5. The van der Waals surface area contributed by atoms with Gasteiger partial charge in [-0.25, -0.2) is 0 Å². The fourth-order valence-electron chi connectivity index (χ4n) is 4.81. The van der Waals surface area contributed by atoms with Crippen molar-refractivity contribution < 1.29 is 19.7 Å². The number of hydrogen-bond donors (Lipinski definition) is 2. The van der Waals surface area contributed by atoms with Crippen molar-refractivity contribution in [3.8, 4) is 0 Å². The molecular weight excluding hydrogens is 328 g/mol. The van der Waals surface area contributed by atoms with E-state index in [1.807, 2.05) is 0 Å². The second kappa shape index (κ2) is 4.93. The van der Waals surface area contributed by atoms with E-state index in [4.69, 9.17) is 9.47 Å². The van der Waals surface area contributed by atoms with Gasteiger partial charge in [0, 0.05) is 0 Å². The van der Waals surface area contributed by atoms with E-state index in [1.165, 1.54) is 26.9 Å². The summed E-state index contributed by atoms with van der Waals surface area (Å²) in [5.74, 6) is 0. The minimum atomic E-state index is -1.00. The smallest absolute Gasteiger partial charge is 0.144 e. The van der Waals surface area contributed by atoms with Crippen LogP contribution in [0.4, 0.5) is 0 Å². The first-order valence-corrected chi connectivity index (χ1v) is 8.97. The SMILES string of the molecule is OC[C@@]12CO[C@H]([C@H]1O)[C@H](c1ccc3ccc4cccc5ccc1c3c45)O2. The highest BCUT2D eigenvalue weighted by molar-refractivity contribution is 6.23. The van der Waals surface area contributed by atoms with Crippen LogP contribution in [0.3, 0.4) is 0 Å². The summed E-state index contributed by atoms with van der Waals surface area (Å²) in [5.41, 5.74) is 0.00841. The zero-order valence-electron chi connectivity index (χ0n) is 14.1. The Morgan fingerprint density at radius 1 is 0.923 bits per heavy atom. The van der Waals surface area contributed by atoms with Gasteiger partial charge in [-0.1, -0.05) is 54.6 Å². The first kappa shape index (κ1) is 14.9. The third-order valence-electron chi connectivity index (χ3n) is 6.17. The minimum Gasteiger partial charge on any atom is -0.393 e. The van der Waals surface area contributed by atoms with E-state index < -0.39 is 17.8 Å². The first-order chi connectivity index (χ1) is 12.7. The molecule has 2 heterocycles. The Hall–Kier alpha value is -2.24. The van der Waals surface area contributed by atoms with Gasteiger partial charge < -0.3 is 19.7 Å². The molecule has 0 aromatic heterocycles. The van der Waals surface area contributed by atoms with Crippen molar-refractivity contribution in [1.29, 1.82) is 0 Å². The second-order valence-corrected chi connectivity index (χ2v) is 7.49. The standard InChI is InChI=1S/C22H18O4/c23-10-22-11-25-20(21(22)24)19(26-22)16-9-7-14-5-4-12-2-1-3-13-6-8-15(16)18(14)17(12)13/h1-9,19-21,23-24H,10-11H2/t19-,20-,21+,22+/m0/s1. The molecule has 0 saturated carbocycles. The number of aliphatic hydroxyl groups is 2. The molecule has 4 aromatic carbocycles. The third kappa shape index (κ3) is 1.68. The van der Waals surface area contributed by atoms with Crippen LogP contribution in [0.2, 0.25) is 0 Å².